The van der Waals surface area contributed by atoms with Gasteiger partial charge in [-0.1, -0.05) is 62.4 Å². The highest BCUT2D eigenvalue weighted by atomic mass is 32.2. The smallest absolute Gasteiger partial charge is 0.410 e. The topological polar surface area (TPSA) is 84.9 Å². The van der Waals surface area contributed by atoms with Crippen LogP contribution < -0.4 is 5.32 Å². The molecule has 0 radical (unpaired) electrons. The molecule has 0 heterocycles. The number of amides is 2. The van der Waals surface area contributed by atoms with Crippen LogP contribution in [-0.4, -0.2) is 60.2 Å². The predicted molar refractivity (Wildman–Crippen MR) is 171 cm³/mol. The second-order valence-corrected chi connectivity index (χ2v) is 13.2. The average molecular weight is 597 g/mol. The molecule has 0 unspecified atom stereocenters. The zero-order valence-electron chi connectivity index (χ0n) is 26.2. The fourth-order valence-corrected chi connectivity index (χ4v) is 5.92. The Morgan fingerprint density at radius 1 is 1.05 bits per heavy atom. The highest BCUT2D eigenvalue weighted by Crippen LogP contribution is 2.30. The van der Waals surface area contributed by atoms with Gasteiger partial charge in [0, 0.05) is 18.7 Å². The molecule has 1 N–H and O–H groups in total. The molecule has 1 aliphatic carbocycles. The highest BCUT2D eigenvalue weighted by Gasteiger charge is 2.26. The number of thioether (sulfide) groups is 1. The lowest BCUT2D eigenvalue weighted by molar-refractivity contribution is -0.142. The summed E-state index contributed by atoms with van der Waals surface area (Å²) < 4.78 is 10.7. The standard InChI is InChI=1S/C34H48N2O5S/c1-24-12-10-11-15-27(24)29-22-26(16-17-28(29)31(37)35-30(19-21-42-6)32(38)40-5)23-36(33(39)41-34(2,3)4)20-18-25-13-8-7-9-14-25/h10-12,15-17,22,25,30H,7-9,13-14,18-21,23H2,1-6H3,(H,35,37)/t30-/m0/s1. The minimum absolute atomic E-state index is 0.327. The molecule has 0 bridgehead atoms. The van der Waals surface area contributed by atoms with Gasteiger partial charge >= 0.3 is 12.1 Å². The van der Waals surface area contributed by atoms with E-state index in [1.54, 1.807) is 22.7 Å². The number of ether oxygens (including phenoxy) is 2. The van der Waals surface area contributed by atoms with Gasteiger partial charge in [0.15, 0.2) is 0 Å². The number of esters is 1. The Morgan fingerprint density at radius 2 is 1.76 bits per heavy atom. The molecule has 1 fully saturated rings. The Labute approximate surface area is 256 Å². The molecule has 1 saturated carbocycles. The van der Waals surface area contributed by atoms with Gasteiger partial charge in [-0.25, -0.2) is 9.59 Å². The molecule has 7 nitrogen and oxygen atoms in total. The SMILES string of the molecule is COC(=O)[C@H](CCSC)NC(=O)c1ccc(CN(CCC2CCCCC2)C(=O)OC(C)(C)C)cc1-c1ccccc1C. The Morgan fingerprint density at radius 3 is 2.40 bits per heavy atom. The van der Waals surface area contributed by atoms with Crippen LogP contribution in [0.3, 0.4) is 0 Å². The molecule has 2 amide bonds. The summed E-state index contributed by atoms with van der Waals surface area (Å²) in [5.41, 5.74) is 3.49. The van der Waals surface area contributed by atoms with E-state index in [1.165, 1.54) is 39.2 Å². The van der Waals surface area contributed by atoms with Crippen molar-refractivity contribution in [2.45, 2.75) is 90.8 Å². The van der Waals surface area contributed by atoms with E-state index >= 15 is 0 Å². The van der Waals surface area contributed by atoms with Crippen molar-refractivity contribution in [2.75, 3.05) is 25.7 Å². The van der Waals surface area contributed by atoms with E-state index in [4.69, 9.17) is 9.47 Å². The van der Waals surface area contributed by atoms with E-state index in [2.05, 4.69) is 5.32 Å². The van der Waals surface area contributed by atoms with Crippen LogP contribution in [0.25, 0.3) is 11.1 Å². The van der Waals surface area contributed by atoms with Gasteiger partial charge in [-0.15, -0.1) is 0 Å². The van der Waals surface area contributed by atoms with Crippen LogP contribution in [0.1, 0.15) is 87.2 Å². The van der Waals surface area contributed by atoms with Gasteiger partial charge in [-0.2, -0.15) is 11.8 Å². The number of carbonyl (C=O) groups is 3. The predicted octanol–water partition coefficient (Wildman–Crippen LogP) is 7.39. The van der Waals surface area contributed by atoms with E-state index in [0.29, 0.717) is 36.7 Å². The summed E-state index contributed by atoms with van der Waals surface area (Å²) in [6.07, 6.45) is 9.31. The lowest BCUT2D eigenvalue weighted by Gasteiger charge is -2.30. The van der Waals surface area contributed by atoms with Crippen molar-refractivity contribution in [1.29, 1.82) is 0 Å². The van der Waals surface area contributed by atoms with Gasteiger partial charge < -0.3 is 19.7 Å². The van der Waals surface area contributed by atoms with Crippen molar-refractivity contribution in [3.8, 4) is 11.1 Å². The molecule has 0 aliphatic heterocycles. The number of methoxy groups -OCH3 is 1. The van der Waals surface area contributed by atoms with Crippen molar-refractivity contribution in [1.82, 2.24) is 10.2 Å². The first-order valence-corrected chi connectivity index (χ1v) is 16.5. The third-order valence-corrected chi connectivity index (χ3v) is 8.37. The van der Waals surface area contributed by atoms with Gasteiger partial charge in [-0.05, 0) is 92.8 Å². The largest absolute Gasteiger partial charge is 0.467 e. The zero-order chi connectivity index (χ0) is 30.7. The molecule has 1 aliphatic rings. The fourth-order valence-electron chi connectivity index (χ4n) is 5.44. The van der Waals surface area contributed by atoms with Crippen molar-refractivity contribution in [3.63, 3.8) is 0 Å². The van der Waals surface area contributed by atoms with Crippen molar-refractivity contribution in [2.24, 2.45) is 5.92 Å². The third-order valence-electron chi connectivity index (χ3n) is 7.72. The van der Waals surface area contributed by atoms with Crippen LogP contribution in [0.4, 0.5) is 4.79 Å². The monoisotopic (exact) mass is 596 g/mol. The van der Waals surface area contributed by atoms with Crippen LogP contribution >= 0.6 is 11.8 Å². The Kier molecular flexibility index (Phi) is 12.8. The first-order chi connectivity index (χ1) is 20.0. The van der Waals surface area contributed by atoms with E-state index in [1.807, 2.05) is 70.3 Å². The number of hydrogen-bond donors (Lipinski definition) is 1. The summed E-state index contributed by atoms with van der Waals surface area (Å²) in [5.74, 6) is 0.548. The Hall–Kier alpha value is -3.00. The molecule has 0 aromatic heterocycles. The summed E-state index contributed by atoms with van der Waals surface area (Å²) in [6, 6.07) is 12.9. The molecular weight excluding hydrogens is 548 g/mol. The van der Waals surface area contributed by atoms with Gasteiger partial charge in [-0.3, -0.25) is 4.79 Å². The van der Waals surface area contributed by atoms with E-state index in [9.17, 15) is 14.4 Å². The Bertz CT molecular complexity index is 1200. The Balaban J connectivity index is 1.93. The maximum Gasteiger partial charge on any atom is 0.410 e. The van der Waals surface area contributed by atoms with E-state index < -0.39 is 17.6 Å². The number of benzene rings is 2. The zero-order valence-corrected chi connectivity index (χ0v) is 27.0. The molecule has 42 heavy (non-hydrogen) atoms. The summed E-state index contributed by atoms with van der Waals surface area (Å²) in [7, 11) is 1.33. The molecule has 8 heteroatoms. The molecular formula is C34H48N2O5S. The minimum atomic E-state index is -0.734. The van der Waals surface area contributed by atoms with Gasteiger partial charge in [0.25, 0.3) is 5.91 Å². The summed E-state index contributed by atoms with van der Waals surface area (Å²) in [4.78, 5) is 41.1. The van der Waals surface area contributed by atoms with Gasteiger partial charge in [0.1, 0.15) is 11.6 Å². The summed E-state index contributed by atoms with van der Waals surface area (Å²) in [5, 5.41) is 2.90. The van der Waals surface area contributed by atoms with E-state index in [-0.39, 0.29) is 12.0 Å². The number of aryl methyl sites for hydroxylation is 1. The van der Waals surface area contributed by atoms with Crippen LogP contribution in [-0.2, 0) is 20.8 Å². The molecule has 230 valence electrons. The van der Waals surface area contributed by atoms with Gasteiger partial charge in [0.05, 0.1) is 7.11 Å². The number of rotatable bonds is 12. The fraction of sp³-hybridized carbons (Fsp3) is 0.559. The number of nitrogens with one attached hydrogen (secondary N) is 1. The lowest BCUT2D eigenvalue weighted by Crippen LogP contribution is -2.42. The molecule has 2 aromatic carbocycles. The molecule has 3 rings (SSSR count). The number of hydrogen-bond acceptors (Lipinski definition) is 6. The second kappa shape index (κ2) is 16.0. The van der Waals surface area contributed by atoms with Crippen molar-refractivity contribution >= 4 is 29.7 Å². The van der Waals surface area contributed by atoms with Crippen molar-refractivity contribution in [3.05, 3.63) is 59.2 Å². The molecule has 0 spiro atoms. The number of nitrogens with zero attached hydrogens (tertiary/aromatic N) is 1. The number of carbonyl (C=O) groups excluding carboxylic acids is 3. The summed E-state index contributed by atoms with van der Waals surface area (Å²) >= 11 is 1.61. The molecule has 0 saturated heterocycles. The summed E-state index contributed by atoms with van der Waals surface area (Å²) in [6.45, 7) is 8.66. The molecule has 2 aromatic rings. The van der Waals surface area contributed by atoms with Crippen LogP contribution in [0.5, 0.6) is 0 Å². The lowest BCUT2D eigenvalue weighted by atomic mass is 9.87. The average Bonchev–Trinajstić information content (AvgIpc) is 2.96. The van der Waals surface area contributed by atoms with Crippen LogP contribution in [0.2, 0.25) is 0 Å². The quantitative estimate of drug-likeness (QED) is 0.257. The van der Waals surface area contributed by atoms with Crippen LogP contribution in [0, 0.1) is 12.8 Å². The third kappa shape index (κ3) is 10.1. The van der Waals surface area contributed by atoms with Crippen LogP contribution in [0.15, 0.2) is 42.5 Å². The first kappa shape index (κ1) is 33.5. The minimum Gasteiger partial charge on any atom is -0.467 e. The molecule has 1 atom stereocenters. The first-order valence-electron chi connectivity index (χ1n) is 15.1. The normalized spacial score (nSPS) is 14.6. The maximum atomic E-state index is 13.6. The van der Waals surface area contributed by atoms with Crippen molar-refractivity contribution < 1.29 is 23.9 Å². The van der Waals surface area contributed by atoms with E-state index in [0.717, 1.165) is 28.7 Å². The maximum absolute atomic E-state index is 13.6. The highest BCUT2D eigenvalue weighted by molar-refractivity contribution is 7.98. The van der Waals surface area contributed by atoms with Gasteiger partial charge in [0.2, 0.25) is 0 Å². The second-order valence-electron chi connectivity index (χ2n) is 12.2.